The van der Waals surface area contributed by atoms with E-state index in [1.165, 1.54) is 12.4 Å². The molecule has 0 unspecified atom stereocenters. The fraction of sp³-hybridized carbons (Fsp3) is 0.348. The van der Waals surface area contributed by atoms with Crippen molar-refractivity contribution in [2.24, 2.45) is 0 Å². The van der Waals surface area contributed by atoms with Gasteiger partial charge in [0.15, 0.2) is 12.4 Å². The van der Waals surface area contributed by atoms with Crippen LogP contribution >= 0.6 is 0 Å². The predicted octanol–water partition coefficient (Wildman–Crippen LogP) is 3.81. The van der Waals surface area contributed by atoms with Crippen molar-refractivity contribution in [1.82, 2.24) is 19.9 Å². The van der Waals surface area contributed by atoms with Crippen molar-refractivity contribution in [3.8, 4) is 5.75 Å². The highest BCUT2D eigenvalue weighted by Crippen LogP contribution is 2.33. The number of nitrogens with one attached hydrogen (secondary N) is 2. The van der Waals surface area contributed by atoms with Crippen molar-refractivity contribution in [3.63, 3.8) is 0 Å². The second-order valence-electron chi connectivity index (χ2n) is 8.40. The molecule has 1 aliphatic heterocycles. The van der Waals surface area contributed by atoms with E-state index in [-0.39, 0.29) is 23.7 Å². The van der Waals surface area contributed by atoms with Crippen LogP contribution in [0.5, 0.6) is 5.75 Å². The van der Waals surface area contributed by atoms with Gasteiger partial charge in [-0.05, 0) is 43.5 Å². The highest BCUT2D eigenvalue weighted by atomic mass is 19.4. The number of aromatic nitrogens is 4. The number of alkyl halides is 3. The van der Waals surface area contributed by atoms with Crippen molar-refractivity contribution in [2.45, 2.75) is 44.1 Å². The summed E-state index contributed by atoms with van der Waals surface area (Å²) < 4.78 is 41.4. The van der Waals surface area contributed by atoms with E-state index in [0.29, 0.717) is 29.6 Å². The molecule has 4 heterocycles. The lowest BCUT2D eigenvalue weighted by atomic mass is 10.2. The van der Waals surface area contributed by atoms with Crippen molar-refractivity contribution in [3.05, 3.63) is 60.3 Å². The van der Waals surface area contributed by atoms with Gasteiger partial charge in [-0.15, -0.1) is 0 Å². The highest BCUT2D eigenvalue weighted by molar-refractivity contribution is 6.10. The Morgan fingerprint density at radius 1 is 1.00 bits per heavy atom. The fourth-order valence-corrected chi connectivity index (χ4v) is 4.30. The maximum absolute atomic E-state index is 12.9. The van der Waals surface area contributed by atoms with E-state index in [1.807, 2.05) is 6.07 Å². The average Bonchev–Trinajstić information content (AvgIpc) is 3.42. The predicted molar refractivity (Wildman–Crippen MR) is 121 cm³/mol. The number of carbonyl (C=O) groups excluding carboxylic acids is 1. The number of anilines is 3. The van der Waals surface area contributed by atoms with Crippen LogP contribution in [0.25, 0.3) is 0 Å². The smallest absolute Gasteiger partial charge is 0.422 e. The zero-order valence-electron chi connectivity index (χ0n) is 18.5. The van der Waals surface area contributed by atoms with E-state index in [9.17, 15) is 18.0 Å². The lowest BCUT2D eigenvalue weighted by Gasteiger charge is -2.22. The summed E-state index contributed by atoms with van der Waals surface area (Å²) >= 11 is 0. The molecule has 0 bridgehead atoms. The van der Waals surface area contributed by atoms with Gasteiger partial charge >= 0.3 is 6.18 Å². The Morgan fingerprint density at radius 3 is 2.46 bits per heavy atom. The van der Waals surface area contributed by atoms with E-state index >= 15 is 0 Å². The third-order valence-corrected chi connectivity index (χ3v) is 5.89. The number of hydrogen-bond donors (Lipinski definition) is 2. The van der Waals surface area contributed by atoms with Gasteiger partial charge in [0, 0.05) is 24.5 Å². The number of hydrogen-bond acceptors (Lipinski definition) is 8. The number of rotatable bonds is 7. The van der Waals surface area contributed by atoms with Crippen molar-refractivity contribution in [2.75, 3.05) is 22.1 Å². The van der Waals surface area contributed by atoms with E-state index in [2.05, 4.69) is 35.3 Å². The Hall–Kier alpha value is -3.96. The normalized spacial score (nSPS) is 19.5. The number of halogens is 3. The Balaban J connectivity index is 1.19. The molecule has 2 atom stereocenters. The van der Waals surface area contributed by atoms with Crippen molar-refractivity contribution >= 4 is 23.4 Å². The summed E-state index contributed by atoms with van der Waals surface area (Å²) in [5, 5.41) is 6.67. The molecule has 1 amide bonds. The second kappa shape index (κ2) is 9.35. The maximum atomic E-state index is 12.9. The van der Waals surface area contributed by atoms with Gasteiger partial charge in [-0.3, -0.25) is 14.7 Å². The fourth-order valence-electron chi connectivity index (χ4n) is 4.30. The third-order valence-electron chi connectivity index (χ3n) is 5.89. The van der Waals surface area contributed by atoms with Gasteiger partial charge < -0.3 is 15.4 Å². The Labute approximate surface area is 198 Å². The standard InChI is InChI=1S/C23H22F3N7O2/c24-23(25,26)13-35-16-10-29-22(30-11-16)32-15-6-5-14(9-15)31-20-19(4-2-8-28-20)33-12-18-17(21(33)34)3-1-7-27-18/h1-4,7-8,10-11,14-15H,5-6,9,12-13H2,(H,28,31)(H,29,30,32)/t14-,15-/m0/s1. The average molecular weight is 485 g/mol. The molecule has 0 saturated heterocycles. The van der Waals surface area contributed by atoms with Gasteiger partial charge in [-0.2, -0.15) is 13.2 Å². The largest absolute Gasteiger partial charge is 0.481 e. The molecule has 2 aliphatic rings. The monoisotopic (exact) mass is 485 g/mol. The van der Waals surface area contributed by atoms with E-state index < -0.39 is 12.8 Å². The molecule has 3 aromatic rings. The Kier molecular flexibility index (Phi) is 6.10. The minimum Gasteiger partial charge on any atom is -0.481 e. The van der Waals surface area contributed by atoms with Crippen LogP contribution in [0.1, 0.15) is 35.3 Å². The molecule has 0 radical (unpaired) electrons. The van der Waals surface area contributed by atoms with E-state index in [0.717, 1.165) is 25.0 Å². The molecule has 5 rings (SSSR count). The number of carbonyl (C=O) groups is 1. The number of pyridine rings is 2. The molecule has 1 saturated carbocycles. The minimum atomic E-state index is -4.42. The maximum Gasteiger partial charge on any atom is 0.422 e. The third kappa shape index (κ3) is 5.26. The molecular weight excluding hydrogens is 463 g/mol. The number of ether oxygens (including phenoxy) is 1. The van der Waals surface area contributed by atoms with E-state index in [4.69, 9.17) is 0 Å². The quantitative estimate of drug-likeness (QED) is 0.521. The molecule has 9 nitrogen and oxygen atoms in total. The van der Waals surface area contributed by atoms with Crippen LogP contribution in [0.2, 0.25) is 0 Å². The Morgan fingerprint density at radius 2 is 1.71 bits per heavy atom. The van der Waals surface area contributed by atoms with Crippen LogP contribution in [0.3, 0.4) is 0 Å². The highest BCUT2D eigenvalue weighted by Gasteiger charge is 2.32. The van der Waals surface area contributed by atoms with Gasteiger partial charge in [-0.1, -0.05) is 0 Å². The summed E-state index contributed by atoms with van der Waals surface area (Å²) in [5.74, 6) is 0.799. The lowest BCUT2D eigenvalue weighted by molar-refractivity contribution is -0.153. The van der Waals surface area contributed by atoms with Crippen LogP contribution in [-0.2, 0) is 6.54 Å². The molecule has 12 heteroatoms. The number of amides is 1. The first kappa shape index (κ1) is 22.8. The summed E-state index contributed by atoms with van der Waals surface area (Å²) in [5.41, 5.74) is 2.04. The first-order chi connectivity index (χ1) is 16.9. The lowest BCUT2D eigenvalue weighted by Crippen LogP contribution is -2.27. The molecule has 3 aromatic heterocycles. The van der Waals surface area contributed by atoms with Crippen LogP contribution in [0, 0.1) is 0 Å². The minimum absolute atomic E-state index is 0.0460. The Bertz CT molecular complexity index is 1210. The first-order valence-electron chi connectivity index (χ1n) is 11.1. The molecule has 1 aliphatic carbocycles. The van der Waals surface area contributed by atoms with Crippen LogP contribution in [0.4, 0.5) is 30.6 Å². The summed E-state index contributed by atoms with van der Waals surface area (Å²) in [6.07, 6.45) is 3.82. The van der Waals surface area contributed by atoms with Crippen LogP contribution in [-0.4, -0.2) is 50.7 Å². The van der Waals surface area contributed by atoms with Gasteiger partial charge in [0.05, 0.1) is 35.9 Å². The first-order valence-corrected chi connectivity index (χ1v) is 11.1. The summed E-state index contributed by atoms with van der Waals surface area (Å²) in [7, 11) is 0. The number of fused-ring (bicyclic) bond motifs is 1. The topological polar surface area (TPSA) is 105 Å². The summed E-state index contributed by atoms with van der Waals surface area (Å²) in [6.45, 7) is -0.996. The molecule has 182 valence electrons. The molecule has 0 spiro atoms. The molecular formula is C23H22F3N7O2. The van der Waals surface area contributed by atoms with Gasteiger partial charge in [0.2, 0.25) is 5.95 Å². The number of nitrogens with zero attached hydrogens (tertiary/aromatic N) is 5. The van der Waals surface area contributed by atoms with Gasteiger partial charge in [-0.25, -0.2) is 15.0 Å². The molecule has 0 aromatic carbocycles. The molecule has 1 fully saturated rings. The van der Waals surface area contributed by atoms with Gasteiger partial charge in [0.1, 0.15) is 5.82 Å². The zero-order valence-corrected chi connectivity index (χ0v) is 18.5. The van der Waals surface area contributed by atoms with Crippen molar-refractivity contribution < 1.29 is 22.7 Å². The SMILES string of the molecule is O=C1c2cccnc2CN1c1cccnc1N[C@H]1CC[C@H](Nc2ncc(OCC(F)(F)F)cn2)C1. The zero-order chi connectivity index (χ0) is 24.4. The van der Waals surface area contributed by atoms with Gasteiger partial charge in [0.25, 0.3) is 5.91 Å². The molecule has 2 N–H and O–H groups in total. The summed E-state index contributed by atoms with van der Waals surface area (Å²) in [6, 6.07) is 7.36. The summed E-state index contributed by atoms with van der Waals surface area (Å²) in [4.78, 5) is 31.5. The molecule has 35 heavy (non-hydrogen) atoms. The van der Waals surface area contributed by atoms with Crippen molar-refractivity contribution in [1.29, 1.82) is 0 Å². The van der Waals surface area contributed by atoms with Crippen LogP contribution in [0.15, 0.2) is 49.1 Å². The van der Waals surface area contributed by atoms with Crippen LogP contribution < -0.4 is 20.3 Å². The second-order valence-corrected chi connectivity index (χ2v) is 8.40. The van der Waals surface area contributed by atoms with E-state index in [1.54, 1.807) is 35.5 Å².